The van der Waals surface area contributed by atoms with Crippen LogP contribution < -0.4 is 4.74 Å². The molecule has 1 N–H and O–H groups in total. The fourth-order valence-electron chi connectivity index (χ4n) is 2.89. The second kappa shape index (κ2) is 7.06. The van der Waals surface area contributed by atoms with Crippen molar-refractivity contribution in [3.63, 3.8) is 0 Å². The Morgan fingerprint density at radius 2 is 1.93 bits per heavy atom. The zero-order valence-electron chi connectivity index (χ0n) is 14.2. The quantitative estimate of drug-likeness (QED) is 0.549. The van der Waals surface area contributed by atoms with Crippen LogP contribution in [0.15, 0.2) is 48.8 Å². The van der Waals surface area contributed by atoms with E-state index in [0.717, 1.165) is 11.1 Å². The van der Waals surface area contributed by atoms with Crippen molar-refractivity contribution in [2.24, 2.45) is 0 Å². The monoisotopic (exact) mass is 400 g/mol. The molecule has 1 aromatic carbocycles. The van der Waals surface area contributed by atoms with Crippen LogP contribution in [-0.4, -0.2) is 31.8 Å². The molecule has 3 aromatic heterocycles. The van der Waals surface area contributed by atoms with Crippen molar-refractivity contribution in [2.45, 2.75) is 6.42 Å². The third-order valence-corrected chi connectivity index (χ3v) is 5.05. The lowest BCUT2D eigenvalue weighted by Gasteiger charge is -2.07. The minimum Gasteiger partial charge on any atom is -0.493 e. The van der Waals surface area contributed by atoms with Crippen LogP contribution in [0.1, 0.15) is 11.1 Å². The lowest BCUT2D eigenvalue weighted by molar-refractivity contribution is 0.384. The average molecular weight is 401 g/mol. The first-order chi connectivity index (χ1) is 13.1. The van der Waals surface area contributed by atoms with Gasteiger partial charge in [0.15, 0.2) is 5.65 Å². The Kier molecular flexibility index (Phi) is 4.59. The smallest absolute Gasteiger partial charge is 0.238 e. The highest BCUT2D eigenvalue weighted by Crippen LogP contribution is 2.33. The molecular weight excluding hydrogens is 387 g/mol. The molecule has 4 aromatic rings. The van der Waals surface area contributed by atoms with Crippen molar-refractivity contribution in [3.05, 3.63) is 70.0 Å². The minimum absolute atomic E-state index is 0.0476. The van der Waals surface area contributed by atoms with Crippen LogP contribution in [0.4, 0.5) is 0 Å². The van der Waals surface area contributed by atoms with Crippen LogP contribution in [0, 0.1) is 0 Å². The van der Waals surface area contributed by atoms with E-state index in [9.17, 15) is 5.11 Å². The largest absolute Gasteiger partial charge is 0.493 e. The summed E-state index contributed by atoms with van der Waals surface area (Å²) in [5.74, 6) is 0.314. The summed E-state index contributed by atoms with van der Waals surface area (Å²) in [6.07, 6.45) is 3.74. The number of aromatic nitrogens is 4. The van der Waals surface area contributed by atoms with Crippen LogP contribution in [0.5, 0.6) is 11.8 Å². The molecule has 0 fully saturated rings. The summed E-state index contributed by atoms with van der Waals surface area (Å²) in [6.45, 7) is 0. The lowest BCUT2D eigenvalue weighted by Crippen LogP contribution is -1.97. The first-order valence-corrected chi connectivity index (χ1v) is 8.83. The summed E-state index contributed by atoms with van der Waals surface area (Å²) < 4.78 is 6.75. The van der Waals surface area contributed by atoms with E-state index in [-0.39, 0.29) is 5.88 Å². The van der Waals surface area contributed by atoms with Gasteiger partial charge in [0.1, 0.15) is 0 Å². The third kappa shape index (κ3) is 3.18. The fraction of sp³-hybridized carbons (Fsp3) is 0.105. The number of halogens is 2. The Labute approximate surface area is 165 Å². The van der Waals surface area contributed by atoms with E-state index in [1.807, 2.05) is 24.3 Å². The number of rotatable bonds is 4. The van der Waals surface area contributed by atoms with Gasteiger partial charge >= 0.3 is 0 Å². The summed E-state index contributed by atoms with van der Waals surface area (Å²) in [5, 5.41) is 15.7. The average Bonchev–Trinajstić information content (AvgIpc) is 3.04. The predicted octanol–water partition coefficient (Wildman–Crippen LogP) is 4.40. The van der Waals surface area contributed by atoms with Gasteiger partial charge in [-0.25, -0.2) is 4.98 Å². The molecule has 0 atom stereocenters. The maximum Gasteiger partial charge on any atom is 0.238 e. The standard InChI is InChI=1S/C19H14Cl2N4O2/c1-27-19-13(9-12-3-2-4-14(20)17(12)21)18-23-15(10-16(26)25(18)24-19)11-5-7-22-8-6-11/h2-8,10,26H,9H2,1H3. The molecule has 0 spiro atoms. The highest BCUT2D eigenvalue weighted by atomic mass is 35.5. The molecule has 0 saturated heterocycles. The fourth-order valence-corrected chi connectivity index (χ4v) is 3.28. The molecule has 4 rings (SSSR count). The van der Waals surface area contributed by atoms with Crippen LogP contribution >= 0.6 is 23.2 Å². The van der Waals surface area contributed by atoms with E-state index in [4.69, 9.17) is 27.9 Å². The Hall–Kier alpha value is -2.83. The van der Waals surface area contributed by atoms with Crippen LogP contribution in [-0.2, 0) is 6.42 Å². The van der Waals surface area contributed by atoms with Crippen LogP contribution in [0.2, 0.25) is 10.0 Å². The van der Waals surface area contributed by atoms with E-state index in [1.54, 1.807) is 24.5 Å². The molecule has 6 nitrogen and oxygen atoms in total. The summed E-state index contributed by atoms with van der Waals surface area (Å²) in [4.78, 5) is 8.69. The van der Waals surface area contributed by atoms with Crippen molar-refractivity contribution in [1.29, 1.82) is 0 Å². The van der Waals surface area contributed by atoms with Gasteiger partial charge in [-0.15, -0.1) is 5.10 Å². The van der Waals surface area contributed by atoms with E-state index < -0.39 is 0 Å². The molecule has 0 bridgehead atoms. The highest BCUT2D eigenvalue weighted by Gasteiger charge is 2.20. The van der Waals surface area contributed by atoms with Gasteiger partial charge in [0.2, 0.25) is 11.8 Å². The number of hydrogen-bond acceptors (Lipinski definition) is 5. The summed E-state index contributed by atoms with van der Waals surface area (Å²) in [5.41, 5.74) is 3.42. The number of nitrogens with zero attached hydrogens (tertiary/aromatic N) is 4. The number of aromatic hydroxyl groups is 1. The van der Waals surface area contributed by atoms with Gasteiger partial charge in [-0.3, -0.25) is 4.98 Å². The number of pyridine rings is 1. The molecule has 8 heteroatoms. The van der Waals surface area contributed by atoms with Gasteiger partial charge in [0.05, 0.1) is 28.4 Å². The van der Waals surface area contributed by atoms with E-state index in [0.29, 0.717) is 39.3 Å². The first-order valence-electron chi connectivity index (χ1n) is 8.07. The minimum atomic E-state index is -0.0476. The number of ether oxygens (including phenoxy) is 1. The number of hydrogen-bond donors (Lipinski definition) is 1. The predicted molar refractivity (Wildman–Crippen MR) is 104 cm³/mol. The van der Waals surface area contributed by atoms with Crippen molar-refractivity contribution >= 4 is 28.8 Å². The van der Waals surface area contributed by atoms with Gasteiger partial charge in [-0.1, -0.05) is 35.3 Å². The van der Waals surface area contributed by atoms with Crippen molar-refractivity contribution in [3.8, 4) is 23.0 Å². The molecule has 0 saturated carbocycles. The van der Waals surface area contributed by atoms with E-state index in [2.05, 4.69) is 15.1 Å². The van der Waals surface area contributed by atoms with E-state index >= 15 is 0 Å². The van der Waals surface area contributed by atoms with Crippen molar-refractivity contribution in [1.82, 2.24) is 19.6 Å². The zero-order chi connectivity index (χ0) is 19.0. The Bertz CT molecular complexity index is 1130. The van der Waals surface area contributed by atoms with Crippen molar-refractivity contribution in [2.75, 3.05) is 7.11 Å². The summed E-state index contributed by atoms with van der Waals surface area (Å²) >= 11 is 12.5. The van der Waals surface area contributed by atoms with Crippen LogP contribution in [0.25, 0.3) is 16.9 Å². The number of fused-ring (bicyclic) bond motifs is 1. The van der Waals surface area contributed by atoms with Gasteiger partial charge in [0.25, 0.3) is 0 Å². The second-order valence-corrected chi connectivity index (χ2v) is 6.63. The molecule has 0 aliphatic carbocycles. The molecule has 0 aliphatic heterocycles. The Balaban J connectivity index is 1.90. The van der Waals surface area contributed by atoms with Gasteiger partial charge in [-0.05, 0) is 23.8 Å². The molecule has 0 amide bonds. The molecule has 3 heterocycles. The molecule has 136 valence electrons. The van der Waals surface area contributed by atoms with E-state index in [1.165, 1.54) is 11.6 Å². The zero-order valence-corrected chi connectivity index (χ0v) is 15.7. The topological polar surface area (TPSA) is 72.5 Å². The van der Waals surface area contributed by atoms with Gasteiger partial charge in [-0.2, -0.15) is 4.52 Å². The molecule has 0 unspecified atom stereocenters. The maximum absolute atomic E-state index is 10.5. The maximum atomic E-state index is 10.5. The Morgan fingerprint density at radius 3 is 2.67 bits per heavy atom. The summed E-state index contributed by atoms with van der Waals surface area (Å²) in [6, 6.07) is 10.6. The molecule has 27 heavy (non-hydrogen) atoms. The first kappa shape index (κ1) is 17.6. The number of benzene rings is 1. The highest BCUT2D eigenvalue weighted by molar-refractivity contribution is 6.42. The van der Waals surface area contributed by atoms with Gasteiger partial charge < -0.3 is 9.84 Å². The Morgan fingerprint density at radius 1 is 1.15 bits per heavy atom. The summed E-state index contributed by atoms with van der Waals surface area (Å²) in [7, 11) is 1.52. The SMILES string of the molecule is COc1nn2c(O)cc(-c3ccncc3)nc2c1Cc1cccc(Cl)c1Cl. The van der Waals surface area contributed by atoms with Gasteiger partial charge in [0, 0.05) is 30.4 Å². The van der Waals surface area contributed by atoms with Crippen LogP contribution in [0.3, 0.4) is 0 Å². The molecule has 0 aliphatic rings. The lowest BCUT2D eigenvalue weighted by atomic mass is 10.1. The third-order valence-electron chi connectivity index (χ3n) is 4.20. The van der Waals surface area contributed by atoms with Crippen molar-refractivity contribution < 1.29 is 9.84 Å². The normalized spacial score (nSPS) is 11.1. The second-order valence-electron chi connectivity index (χ2n) is 5.85. The number of methoxy groups -OCH3 is 1. The molecule has 0 radical (unpaired) electrons. The molecular formula is C19H14Cl2N4O2.